The largest absolute Gasteiger partial charge is 0.497 e. The van der Waals surface area contributed by atoms with Crippen LogP contribution in [-0.2, 0) is 32.6 Å². The highest BCUT2D eigenvalue weighted by Crippen LogP contribution is 2.28. The molecule has 0 fully saturated rings. The molecule has 2 amide bonds. The first kappa shape index (κ1) is 34.8. The van der Waals surface area contributed by atoms with Crippen molar-refractivity contribution in [2.75, 3.05) is 18.0 Å². The summed E-state index contributed by atoms with van der Waals surface area (Å²) < 4.78 is 34.6. The number of nitrogens with one attached hydrogen (secondary N) is 1. The normalized spacial score (nSPS) is 12.0. The third-order valence-electron chi connectivity index (χ3n) is 7.31. The molecule has 0 heterocycles. The van der Waals surface area contributed by atoms with Crippen LogP contribution in [0.1, 0.15) is 30.5 Å². The number of aryl methyl sites for hydroxylation is 1. The van der Waals surface area contributed by atoms with E-state index in [1.165, 1.54) is 24.1 Å². The Bertz CT molecular complexity index is 1750. The van der Waals surface area contributed by atoms with E-state index in [2.05, 4.69) is 5.32 Å². The predicted octanol–water partition coefficient (Wildman–Crippen LogP) is 6.67. The van der Waals surface area contributed by atoms with Crippen LogP contribution < -0.4 is 14.4 Å². The molecule has 0 aromatic heterocycles. The van der Waals surface area contributed by atoms with Crippen molar-refractivity contribution in [1.82, 2.24) is 10.2 Å². The van der Waals surface area contributed by atoms with Crippen LogP contribution in [0.3, 0.4) is 0 Å². The van der Waals surface area contributed by atoms with Crippen molar-refractivity contribution in [2.45, 2.75) is 50.7 Å². The smallest absolute Gasteiger partial charge is 0.264 e. The van der Waals surface area contributed by atoms with E-state index in [1.54, 1.807) is 54.6 Å². The predicted molar refractivity (Wildman–Crippen MR) is 183 cm³/mol. The molecule has 4 aromatic rings. The van der Waals surface area contributed by atoms with Gasteiger partial charge in [0, 0.05) is 29.1 Å². The highest BCUT2D eigenvalue weighted by atomic mass is 35.5. The average Bonchev–Trinajstić information content (AvgIpc) is 3.03. The number of benzene rings is 4. The summed E-state index contributed by atoms with van der Waals surface area (Å²) in [6.07, 6.45) is 0.187. The second-order valence-electron chi connectivity index (χ2n) is 11.1. The summed E-state index contributed by atoms with van der Waals surface area (Å²) in [7, 11) is -2.76. The van der Waals surface area contributed by atoms with Gasteiger partial charge in [-0.25, -0.2) is 8.42 Å². The maximum absolute atomic E-state index is 14.5. The molecular weight excluding hydrogens is 645 g/mol. The Morgan fingerprint density at radius 1 is 0.891 bits per heavy atom. The van der Waals surface area contributed by atoms with Gasteiger partial charge in [-0.2, -0.15) is 0 Å². The number of halogens is 2. The van der Waals surface area contributed by atoms with E-state index in [-0.39, 0.29) is 29.8 Å². The van der Waals surface area contributed by atoms with E-state index in [0.29, 0.717) is 27.0 Å². The summed E-state index contributed by atoms with van der Waals surface area (Å²) in [5, 5.41) is 3.67. The highest BCUT2D eigenvalue weighted by Gasteiger charge is 2.35. The van der Waals surface area contributed by atoms with Crippen LogP contribution in [-0.4, -0.2) is 50.9 Å². The van der Waals surface area contributed by atoms with Crippen LogP contribution in [0, 0.1) is 6.92 Å². The Balaban J connectivity index is 1.82. The van der Waals surface area contributed by atoms with Gasteiger partial charge >= 0.3 is 0 Å². The number of hydrogen-bond acceptors (Lipinski definition) is 5. The number of nitrogens with zero attached hydrogens (tertiary/aromatic N) is 2. The molecule has 0 aliphatic carbocycles. The van der Waals surface area contributed by atoms with E-state index in [1.807, 2.05) is 51.1 Å². The Morgan fingerprint density at radius 3 is 2.13 bits per heavy atom. The number of hydrogen-bond donors (Lipinski definition) is 1. The van der Waals surface area contributed by atoms with Gasteiger partial charge in [-0.05, 0) is 80.4 Å². The maximum atomic E-state index is 14.5. The molecular formula is C35H37Cl2N3O5S. The molecule has 8 nitrogen and oxygen atoms in total. The first-order valence-electron chi connectivity index (χ1n) is 14.7. The van der Waals surface area contributed by atoms with Gasteiger partial charge in [0.1, 0.15) is 18.3 Å². The summed E-state index contributed by atoms with van der Waals surface area (Å²) in [6.45, 7) is 4.90. The van der Waals surface area contributed by atoms with Crippen molar-refractivity contribution < 1.29 is 22.7 Å². The molecule has 46 heavy (non-hydrogen) atoms. The zero-order valence-corrected chi connectivity index (χ0v) is 28.4. The lowest BCUT2D eigenvalue weighted by molar-refractivity contribution is -0.140. The van der Waals surface area contributed by atoms with Crippen molar-refractivity contribution in [3.05, 3.63) is 124 Å². The van der Waals surface area contributed by atoms with Gasteiger partial charge in [-0.3, -0.25) is 13.9 Å². The van der Waals surface area contributed by atoms with E-state index >= 15 is 0 Å². The summed E-state index contributed by atoms with van der Waals surface area (Å²) in [5.41, 5.74) is 2.59. The summed E-state index contributed by atoms with van der Waals surface area (Å²) >= 11 is 12.7. The van der Waals surface area contributed by atoms with E-state index in [0.717, 1.165) is 15.4 Å². The van der Waals surface area contributed by atoms with E-state index in [4.69, 9.17) is 27.9 Å². The van der Waals surface area contributed by atoms with Crippen molar-refractivity contribution in [3.8, 4) is 5.75 Å². The SMILES string of the molecule is COc1ccc(S(=O)(=O)N(CC(=O)N(Cc2ccc(Cl)cc2Cl)C(Cc2ccccc2)C(=O)NC(C)C)c2ccc(C)cc2)cc1. The molecule has 0 aliphatic rings. The van der Waals surface area contributed by atoms with Gasteiger partial charge in [0.05, 0.1) is 17.7 Å². The quantitative estimate of drug-likeness (QED) is 0.170. The molecule has 0 saturated heterocycles. The van der Waals surface area contributed by atoms with Crippen LogP contribution in [0.5, 0.6) is 5.75 Å². The van der Waals surface area contributed by atoms with E-state index < -0.39 is 28.5 Å². The molecule has 0 bridgehead atoms. The lowest BCUT2D eigenvalue weighted by atomic mass is 10.0. The highest BCUT2D eigenvalue weighted by molar-refractivity contribution is 7.92. The van der Waals surface area contributed by atoms with Gasteiger partial charge in [0.25, 0.3) is 10.0 Å². The first-order valence-corrected chi connectivity index (χ1v) is 16.9. The number of sulfonamides is 1. The minimum atomic E-state index is -4.24. The van der Waals surface area contributed by atoms with Crippen LogP contribution in [0.15, 0.2) is 102 Å². The zero-order chi connectivity index (χ0) is 33.4. The molecule has 1 atom stereocenters. The lowest BCUT2D eigenvalue weighted by Crippen LogP contribution is -2.54. The molecule has 4 rings (SSSR count). The Morgan fingerprint density at radius 2 is 1.54 bits per heavy atom. The Labute approximate surface area is 280 Å². The minimum Gasteiger partial charge on any atom is -0.497 e. The number of carbonyl (C=O) groups excluding carboxylic acids is 2. The number of amides is 2. The number of rotatable bonds is 13. The molecule has 11 heteroatoms. The number of carbonyl (C=O) groups is 2. The van der Waals surface area contributed by atoms with Gasteiger partial charge in [0.15, 0.2) is 0 Å². The number of anilines is 1. The summed E-state index contributed by atoms with van der Waals surface area (Å²) in [4.78, 5) is 29.7. The van der Waals surface area contributed by atoms with Gasteiger partial charge < -0.3 is 15.0 Å². The molecule has 242 valence electrons. The summed E-state index contributed by atoms with van der Waals surface area (Å²) in [6, 6.07) is 25.8. The standard InChI is InChI=1S/C35H37Cl2N3O5S/c1-24(2)38-35(42)33(20-26-8-6-5-7-9-26)39(22-27-12-13-28(36)21-32(27)37)34(41)23-40(29-14-10-25(3)11-15-29)46(43,44)31-18-16-30(45-4)17-19-31/h5-19,21,24,33H,20,22-23H2,1-4H3,(H,38,42). The topological polar surface area (TPSA) is 96.0 Å². The van der Waals surface area contributed by atoms with Crippen molar-refractivity contribution >= 4 is 50.7 Å². The Kier molecular flexibility index (Phi) is 11.7. The van der Waals surface area contributed by atoms with Gasteiger partial charge in [0.2, 0.25) is 11.8 Å². The maximum Gasteiger partial charge on any atom is 0.264 e. The molecule has 1 N–H and O–H groups in total. The number of ether oxygens (including phenoxy) is 1. The fourth-order valence-corrected chi connectivity index (χ4v) is 6.77. The monoisotopic (exact) mass is 681 g/mol. The zero-order valence-electron chi connectivity index (χ0n) is 26.1. The summed E-state index contributed by atoms with van der Waals surface area (Å²) in [5.74, 6) is -0.483. The second-order valence-corrected chi connectivity index (χ2v) is 13.9. The third kappa shape index (κ3) is 8.81. The molecule has 0 spiro atoms. The fourth-order valence-electron chi connectivity index (χ4n) is 4.88. The van der Waals surface area contributed by atoms with Gasteiger partial charge in [-0.15, -0.1) is 0 Å². The average molecular weight is 683 g/mol. The third-order valence-corrected chi connectivity index (χ3v) is 9.68. The molecule has 0 aliphatic heterocycles. The molecule has 0 radical (unpaired) electrons. The number of methoxy groups -OCH3 is 1. The van der Waals surface area contributed by atoms with Crippen LogP contribution in [0.4, 0.5) is 5.69 Å². The van der Waals surface area contributed by atoms with Crippen molar-refractivity contribution in [2.24, 2.45) is 0 Å². The van der Waals surface area contributed by atoms with Crippen LogP contribution >= 0.6 is 23.2 Å². The molecule has 0 saturated carbocycles. The van der Waals surface area contributed by atoms with Crippen LogP contribution in [0.25, 0.3) is 0 Å². The van der Waals surface area contributed by atoms with E-state index in [9.17, 15) is 18.0 Å². The fraction of sp³-hybridized carbons (Fsp3) is 0.257. The van der Waals surface area contributed by atoms with Crippen molar-refractivity contribution in [3.63, 3.8) is 0 Å². The lowest BCUT2D eigenvalue weighted by Gasteiger charge is -2.34. The minimum absolute atomic E-state index is 0.0210. The second kappa shape index (κ2) is 15.5. The van der Waals surface area contributed by atoms with Crippen LogP contribution in [0.2, 0.25) is 10.0 Å². The molecule has 4 aromatic carbocycles. The van der Waals surface area contributed by atoms with Crippen molar-refractivity contribution in [1.29, 1.82) is 0 Å². The first-order chi connectivity index (χ1) is 21.9. The molecule has 1 unspecified atom stereocenters. The van der Waals surface area contributed by atoms with Gasteiger partial charge in [-0.1, -0.05) is 77.3 Å². The Hall–Kier alpha value is -4.05.